The van der Waals surface area contributed by atoms with Gasteiger partial charge in [0, 0.05) is 5.56 Å². The van der Waals surface area contributed by atoms with Crippen molar-refractivity contribution >= 4 is 45.1 Å². The first kappa shape index (κ1) is 18.6. The summed E-state index contributed by atoms with van der Waals surface area (Å²) in [5.74, 6) is 1.50. The van der Waals surface area contributed by atoms with Gasteiger partial charge < -0.3 is 9.47 Å². The maximum absolute atomic E-state index is 13.0. The Kier molecular flexibility index (Phi) is 6.50. The largest absolute Gasteiger partial charge is 0.486 e. The van der Waals surface area contributed by atoms with E-state index in [0.717, 1.165) is 0 Å². The minimum absolute atomic E-state index is 0.0817. The smallest absolute Gasteiger partial charge is 0.339 e. The zero-order valence-electron chi connectivity index (χ0n) is 12.1. The Bertz CT molecular complexity index is 795. The third-order valence-electron chi connectivity index (χ3n) is 2.91. The molecule has 0 bridgehead atoms. The van der Waals surface area contributed by atoms with Crippen LogP contribution in [0, 0.1) is 18.2 Å². The first-order chi connectivity index (χ1) is 11.4. The molecule has 0 aliphatic carbocycles. The van der Waals surface area contributed by atoms with Gasteiger partial charge in [0.05, 0.1) is 20.1 Å². The molecule has 0 N–H and O–H groups in total. The Morgan fingerprint density at radius 3 is 2.62 bits per heavy atom. The molecule has 0 aliphatic rings. The van der Waals surface area contributed by atoms with Gasteiger partial charge >= 0.3 is 5.97 Å². The van der Waals surface area contributed by atoms with Crippen molar-refractivity contribution in [3.63, 3.8) is 0 Å². The normalized spacial score (nSPS) is 10.1. The van der Waals surface area contributed by atoms with Crippen molar-refractivity contribution in [3.8, 4) is 18.1 Å². The van der Waals surface area contributed by atoms with Crippen LogP contribution < -0.4 is 4.74 Å². The molecule has 0 radical (unpaired) electrons. The molecular formula is C17H10BrCl2FO3. The van der Waals surface area contributed by atoms with Gasteiger partial charge in [-0.3, -0.25) is 0 Å². The molecular weight excluding hydrogens is 422 g/mol. The van der Waals surface area contributed by atoms with Crippen molar-refractivity contribution in [2.45, 2.75) is 6.61 Å². The lowest BCUT2D eigenvalue weighted by Crippen LogP contribution is -2.06. The topological polar surface area (TPSA) is 35.5 Å². The van der Waals surface area contributed by atoms with Crippen LogP contribution >= 0.6 is 39.1 Å². The van der Waals surface area contributed by atoms with Gasteiger partial charge in [0.25, 0.3) is 0 Å². The first-order valence-electron chi connectivity index (χ1n) is 6.58. The third-order valence-corrected chi connectivity index (χ3v) is 4.13. The second-order valence-electron chi connectivity index (χ2n) is 4.57. The Balaban J connectivity index is 2.16. The molecule has 0 atom stereocenters. The summed E-state index contributed by atoms with van der Waals surface area (Å²) in [6.07, 6.45) is 5.04. The highest BCUT2D eigenvalue weighted by molar-refractivity contribution is 9.10. The Labute approximate surface area is 156 Å². The summed E-state index contributed by atoms with van der Waals surface area (Å²) < 4.78 is 24.0. The zero-order valence-corrected chi connectivity index (χ0v) is 15.2. The molecule has 3 nitrogen and oxygen atoms in total. The first-order valence-corrected chi connectivity index (χ1v) is 8.13. The minimum Gasteiger partial charge on any atom is -0.486 e. The molecule has 2 aromatic carbocycles. The third kappa shape index (κ3) is 4.64. The summed E-state index contributed by atoms with van der Waals surface area (Å²) in [6.45, 7) is -0.0479. The average Bonchev–Trinajstić information content (AvgIpc) is 2.53. The van der Waals surface area contributed by atoms with Crippen LogP contribution in [0.4, 0.5) is 4.39 Å². The highest BCUT2D eigenvalue weighted by Gasteiger charge is 2.15. The minimum atomic E-state index is -0.594. The van der Waals surface area contributed by atoms with E-state index in [9.17, 15) is 9.18 Å². The van der Waals surface area contributed by atoms with Gasteiger partial charge in [-0.2, -0.15) is 0 Å². The second-order valence-corrected chi connectivity index (χ2v) is 6.24. The van der Waals surface area contributed by atoms with Gasteiger partial charge in [-0.25, -0.2) is 9.18 Å². The lowest BCUT2D eigenvalue weighted by Gasteiger charge is -2.12. The number of esters is 1. The molecule has 0 fully saturated rings. The van der Waals surface area contributed by atoms with Crippen molar-refractivity contribution in [2.75, 3.05) is 6.61 Å². The van der Waals surface area contributed by atoms with E-state index in [0.29, 0.717) is 15.8 Å². The van der Waals surface area contributed by atoms with E-state index in [-0.39, 0.29) is 28.8 Å². The fourth-order valence-electron chi connectivity index (χ4n) is 1.79. The van der Waals surface area contributed by atoms with Gasteiger partial charge in [-0.05, 0) is 40.2 Å². The summed E-state index contributed by atoms with van der Waals surface area (Å²) in [4.78, 5) is 11.8. The van der Waals surface area contributed by atoms with Crippen molar-refractivity contribution in [2.24, 2.45) is 0 Å². The number of carbonyl (C=O) groups is 1. The number of terminal acetylenes is 1. The van der Waals surface area contributed by atoms with E-state index in [1.54, 1.807) is 0 Å². The fourth-order valence-corrected chi connectivity index (χ4v) is 2.98. The van der Waals surface area contributed by atoms with E-state index in [1.807, 2.05) is 0 Å². The molecule has 2 aromatic rings. The van der Waals surface area contributed by atoms with Crippen molar-refractivity contribution in [3.05, 3.63) is 61.8 Å². The maximum Gasteiger partial charge on any atom is 0.339 e. The summed E-state index contributed by atoms with van der Waals surface area (Å²) in [5.41, 5.74) is 0.827. The van der Waals surface area contributed by atoms with Gasteiger partial charge in [0.15, 0.2) is 12.4 Å². The number of benzene rings is 2. The van der Waals surface area contributed by atoms with Gasteiger partial charge in [0.1, 0.15) is 12.4 Å². The molecule has 0 spiro atoms. The van der Waals surface area contributed by atoms with E-state index in [2.05, 4.69) is 21.9 Å². The van der Waals surface area contributed by atoms with Crippen LogP contribution in [0.15, 0.2) is 34.8 Å². The quantitative estimate of drug-likeness (QED) is 0.478. The van der Waals surface area contributed by atoms with Crippen molar-refractivity contribution in [1.82, 2.24) is 0 Å². The molecule has 24 heavy (non-hydrogen) atoms. The van der Waals surface area contributed by atoms with E-state index < -0.39 is 11.8 Å². The lowest BCUT2D eigenvalue weighted by atomic mass is 10.2. The van der Waals surface area contributed by atoms with E-state index >= 15 is 0 Å². The number of hydrogen-bond acceptors (Lipinski definition) is 3. The van der Waals surface area contributed by atoms with Gasteiger partial charge in [-0.15, -0.1) is 6.42 Å². The Morgan fingerprint density at radius 2 is 2.00 bits per heavy atom. The summed E-state index contributed by atoms with van der Waals surface area (Å²) >= 11 is 15.4. The van der Waals surface area contributed by atoms with Crippen LogP contribution in [0.25, 0.3) is 0 Å². The zero-order chi connectivity index (χ0) is 17.7. The van der Waals surface area contributed by atoms with Gasteiger partial charge in [-0.1, -0.05) is 35.2 Å². The van der Waals surface area contributed by atoms with Crippen LogP contribution in [-0.2, 0) is 11.3 Å². The summed E-state index contributed by atoms with van der Waals surface area (Å²) in [6, 6.07) is 6.91. The standard InChI is InChI=1S/C17H10BrCl2FO3/c1-2-5-23-17(22)11-6-13(18)16(15(20)7-11)24-9-10-3-4-12(21)8-14(10)19/h1,3-4,6-8H,5,9H2. The fraction of sp³-hybridized carbons (Fsp3) is 0.118. The SMILES string of the molecule is C#CCOC(=O)c1cc(Cl)c(OCc2ccc(F)cc2Cl)c(Br)c1. The molecule has 124 valence electrons. The Hall–Kier alpha value is -1.74. The van der Waals surface area contributed by atoms with Crippen LogP contribution in [0.1, 0.15) is 15.9 Å². The molecule has 2 rings (SSSR count). The lowest BCUT2D eigenvalue weighted by molar-refractivity contribution is 0.0556. The van der Waals surface area contributed by atoms with Crippen molar-refractivity contribution in [1.29, 1.82) is 0 Å². The summed E-state index contributed by atoms with van der Waals surface area (Å²) in [7, 11) is 0. The highest BCUT2D eigenvalue weighted by atomic mass is 79.9. The van der Waals surface area contributed by atoms with Crippen molar-refractivity contribution < 1.29 is 18.7 Å². The number of hydrogen-bond donors (Lipinski definition) is 0. The predicted molar refractivity (Wildman–Crippen MR) is 94.0 cm³/mol. The number of halogens is 4. The molecule has 0 saturated carbocycles. The monoisotopic (exact) mass is 430 g/mol. The van der Waals surface area contributed by atoms with E-state index in [1.165, 1.54) is 30.3 Å². The molecule has 0 heterocycles. The molecule has 7 heteroatoms. The average molecular weight is 432 g/mol. The van der Waals surface area contributed by atoms with Crippen LogP contribution in [0.3, 0.4) is 0 Å². The number of ether oxygens (including phenoxy) is 2. The molecule has 0 aromatic heterocycles. The second kappa shape index (κ2) is 8.39. The maximum atomic E-state index is 13.0. The van der Waals surface area contributed by atoms with Crippen LogP contribution in [-0.4, -0.2) is 12.6 Å². The highest BCUT2D eigenvalue weighted by Crippen LogP contribution is 2.35. The van der Waals surface area contributed by atoms with Crippen LogP contribution in [0.2, 0.25) is 10.0 Å². The molecule has 0 saturated heterocycles. The Morgan fingerprint density at radius 1 is 1.25 bits per heavy atom. The summed E-state index contributed by atoms with van der Waals surface area (Å²) in [5, 5.41) is 0.451. The van der Waals surface area contributed by atoms with E-state index in [4.69, 9.17) is 39.1 Å². The molecule has 0 amide bonds. The molecule has 0 aliphatic heterocycles. The van der Waals surface area contributed by atoms with Crippen LogP contribution in [0.5, 0.6) is 5.75 Å². The predicted octanol–water partition coefficient (Wildman–Crippen LogP) is 5.26. The number of carbonyl (C=O) groups excluding carboxylic acids is 1. The molecule has 0 unspecified atom stereocenters. The number of rotatable bonds is 5. The van der Waals surface area contributed by atoms with Gasteiger partial charge in [0.2, 0.25) is 0 Å².